The molecule has 0 spiro atoms. The Labute approximate surface area is 227 Å². The highest BCUT2D eigenvalue weighted by atomic mass is 32.1. The van der Waals surface area contributed by atoms with Gasteiger partial charge in [-0.05, 0) is 63.7 Å². The van der Waals surface area contributed by atoms with Crippen LogP contribution in [0.1, 0.15) is 44.5 Å². The van der Waals surface area contributed by atoms with Crippen molar-refractivity contribution >= 4 is 40.3 Å². The summed E-state index contributed by atoms with van der Waals surface area (Å²) in [5.41, 5.74) is -2.77. The first-order valence-electron chi connectivity index (χ1n) is 11.9. The molecule has 1 fully saturated rings. The van der Waals surface area contributed by atoms with E-state index in [1.54, 1.807) is 13.0 Å². The van der Waals surface area contributed by atoms with Gasteiger partial charge in [-0.2, -0.15) is 14.0 Å². The van der Waals surface area contributed by atoms with Gasteiger partial charge in [-0.25, -0.2) is 9.37 Å². The average molecular weight is 556 g/mol. The van der Waals surface area contributed by atoms with Crippen molar-refractivity contribution in [2.75, 3.05) is 16.9 Å². The number of anilines is 2. The van der Waals surface area contributed by atoms with E-state index in [2.05, 4.69) is 4.98 Å². The summed E-state index contributed by atoms with van der Waals surface area (Å²) >= 11 is 5.60. The third-order valence-electron chi connectivity index (χ3n) is 6.48. The topological polar surface area (TPSA) is 90.9 Å². The molecule has 0 radical (unpaired) electrons. The summed E-state index contributed by atoms with van der Waals surface area (Å²) in [6, 6.07) is 6.41. The number of ether oxygens (including phenoxy) is 1. The molecular weight excluding hydrogens is 531 g/mol. The zero-order chi connectivity index (χ0) is 28.9. The van der Waals surface area contributed by atoms with E-state index in [9.17, 15) is 23.6 Å². The van der Waals surface area contributed by atoms with Crippen molar-refractivity contribution in [3.8, 4) is 11.8 Å². The molecule has 1 aliphatic heterocycles. The van der Waals surface area contributed by atoms with Crippen molar-refractivity contribution in [3.05, 3.63) is 75.6 Å². The standard InChI is InChI=1S/C27H24F3N5O3S/c1-6-10-27(29,30)18-11-16(9-8-15(18)13-31)34-24(37)26(3,4)35(25(34)39)17-12-19(28)22-32-20(7-2)21(38-5)23(36)33(22)14-17/h6,8-12,14H,7H2,1-5H3/b10-6+. The molecule has 3 aromatic rings. The number of hydrogen-bond donors (Lipinski definition) is 0. The Morgan fingerprint density at radius 2 is 1.92 bits per heavy atom. The maximum atomic E-state index is 15.3. The fraction of sp³-hybridized carbons (Fsp3) is 0.296. The Bertz CT molecular complexity index is 1660. The maximum absolute atomic E-state index is 15.3. The number of rotatable bonds is 6. The van der Waals surface area contributed by atoms with Crippen molar-refractivity contribution in [1.82, 2.24) is 9.38 Å². The normalized spacial score (nSPS) is 15.5. The second-order valence-corrected chi connectivity index (χ2v) is 9.64. The van der Waals surface area contributed by atoms with Gasteiger partial charge in [0, 0.05) is 17.8 Å². The highest BCUT2D eigenvalue weighted by Crippen LogP contribution is 2.40. The largest absolute Gasteiger partial charge is 0.490 e. The second-order valence-electron chi connectivity index (χ2n) is 9.27. The van der Waals surface area contributed by atoms with E-state index in [1.807, 2.05) is 0 Å². The van der Waals surface area contributed by atoms with Crippen LogP contribution in [0.2, 0.25) is 0 Å². The zero-order valence-corrected chi connectivity index (χ0v) is 22.6. The zero-order valence-electron chi connectivity index (χ0n) is 21.8. The van der Waals surface area contributed by atoms with E-state index in [-0.39, 0.29) is 33.4 Å². The van der Waals surface area contributed by atoms with Gasteiger partial charge in [-0.1, -0.05) is 13.0 Å². The Kier molecular flexibility index (Phi) is 6.99. The smallest absolute Gasteiger partial charge is 0.300 e. The number of halogens is 3. The first-order chi connectivity index (χ1) is 18.3. The van der Waals surface area contributed by atoms with Crippen molar-refractivity contribution in [2.24, 2.45) is 0 Å². The van der Waals surface area contributed by atoms with Crippen LogP contribution in [-0.2, 0) is 17.1 Å². The molecule has 3 heterocycles. The van der Waals surface area contributed by atoms with E-state index >= 15 is 4.39 Å². The molecule has 2 aromatic heterocycles. The van der Waals surface area contributed by atoms with E-state index in [0.29, 0.717) is 18.2 Å². The van der Waals surface area contributed by atoms with E-state index in [1.165, 1.54) is 51.1 Å². The molecule has 0 unspecified atom stereocenters. The molecule has 1 aromatic carbocycles. The van der Waals surface area contributed by atoms with Crippen LogP contribution in [0.25, 0.3) is 5.65 Å². The number of fused-ring (bicyclic) bond motifs is 1. The number of thiocarbonyl (C=S) groups is 1. The Morgan fingerprint density at radius 1 is 1.23 bits per heavy atom. The van der Waals surface area contributed by atoms with Crippen molar-refractivity contribution in [3.63, 3.8) is 0 Å². The van der Waals surface area contributed by atoms with Crippen LogP contribution >= 0.6 is 12.2 Å². The predicted octanol–water partition coefficient (Wildman–Crippen LogP) is 4.86. The molecule has 4 rings (SSSR count). The molecule has 0 aliphatic carbocycles. The monoisotopic (exact) mass is 555 g/mol. The maximum Gasteiger partial charge on any atom is 0.300 e. The first kappa shape index (κ1) is 27.8. The van der Waals surface area contributed by atoms with Crippen LogP contribution in [0.5, 0.6) is 5.75 Å². The molecule has 0 saturated carbocycles. The van der Waals surface area contributed by atoms with Gasteiger partial charge in [0.05, 0.1) is 35.8 Å². The van der Waals surface area contributed by atoms with Crippen molar-refractivity contribution < 1.29 is 22.7 Å². The summed E-state index contributed by atoms with van der Waals surface area (Å²) in [6.45, 7) is 6.24. The van der Waals surface area contributed by atoms with Crippen molar-refractivity contribution in [2.45, 2.75) is 45.6 Å². The minimum absolute atomic E-state index is 0.00750. The summed E-state index contributed by atoms with van der Waals surface area (Å²) in [5.74, 6) is -4.94. The fourth-order valence-corrected chi connectivity index (χ4v) is 5.10. The molecule has 0 bridgehead atoms. The Morgan fingerprint density at radius 3 is 2.51 bits per heavy atom. The van der Waals surface area contributed by atoms with Crippen molar-refractivity contribution in [1.29, 1.82) is 5.26 Å². The third kappa shape index (κ3) is 4.32. The number of methoxy groups -OCH3 is 1. The van der Waals surface area contributed by atoms with Gasteiger partial charge in [-0.15, -0.1) is 0 Å². The summed E-state index contributed by atoms with van der Waals surface area (Å²) in [7, 11) is 1.31. The van der Waals surface area contributed by atoms with E-state index in [4.69, 9.17) is 17.0 Å². The fourth-order valence-electron chi connectivity index (χ4n) is 4.58. The van der Waals surface area contributed by atoms with E-state index < -0.39 is 34.3 Å². The van der Waals surface area contributed by atoms with Gasteiger partial charge in [0.25, 0.3) is 11.8 Å². The first-order valence-corrected chi connectivity index (χ1v) is 12.3. The van der Waals surface area contributed by atoms with Crippen LogP contribution in [0.15, 0.2) is 47.4 Å². The number of nitrogens with zero attached hydrogens (tertiary/aromatic N) is 5. The number of aryl methyl sites for hydroxylation is 1. The lowest BCUT2D eigenvalue weighted by molar-refractivity contribution is -0.120. The second kappa shape index (κ2) is 9.81. The van der Waals surface area contributed by atoms with Crippen LogP contribution in [0.3, 0.4) is 0 Å². The molecule has 8 nitrogen and oxygen atoms in total. The molecule has 12 heteroatoms. The molecule has 0 N–H and O–H groups in total. The summed E-state index contributed by atoms with van der Waals surface area (Å²) in [5, 5.41) is 9.26. The van der Waals surface area contributed by atoms with Gasteiger partial charge in [0.15, 0.2) is 16.6 Å². The number of carbonyl (C=O) groups excluding carboxylic acids is 1. The highest BCUT2D eigenvalue weighted by Gasteiger charge is 2.51. The van der Waals surface area contributed by atoms with Gasteiger partial charge in [-0.3, -0.25) is 18.9 Å². The van der Waals surface area contributed by atoms with Gasteiger partial charge >= 0.3 is 5.56 Å². The molecule has 39 heavy (non-hydrogen) atoms. The van der Waals surface area contributed by atoms with Gasteiger partial charge in [0.2, 0.25) is 5.75 Å². The molecule has 1 aliphatic rings. The average Bonchev–Trinajstić information content (AvgIpc) is 3.06. The third-order valence-corrected chi connectivity index (χ3v) is 6.84. The lowest BCUT2D eigenvalue weighted by Crippen LogP contribution is -2.44. The lowest BCUT2D eigenvalue weighted by atomic mass is 9.99. The van der Waals surface area contributed by atoms with Gasteiger partial charge in [0.1, 0.15) is 5.54 Å². The minimum Gasteiger partial charge on any atom is -0.490 e. The SMILES string of the molecule is C/C=C/C(F)(F)c1cc(N2C(=O)C(C)(C)N(c3cc(F)c4nc(CC)c(OC)c(=O)n4c3)C2=S)ccc1C#N. The number of hydrogen-bond acceptors (Lipinski definition) is 6. The molecule has 1 amide bonds. The molecule has 0 atom stereocenters. The molecule has 202 valence electrons. The number of carbonyl (C=O) groups is 1. The van der Waals surface area contributed by atoms with E-state index in [0.717, 1.165) is 27.5 Å². The minimum atomic E-state index is -3.48. The van der Waals surface area contributed by atoms with Crippen LogP contribution in [0, 0.1) is 17.1 Å². The number of nitriles is 1. The Balaban J connectivity index is 1.89. The van der Waals surface area contributed by atoms with Crippen LogP contribution in [-0.4, -0.2) is 33.1 Å². The molecular formula is C27H24F3N5O3S. The number of benzene rings is 1. The number of alkyl halides is 2. The number of pyridine rings is 1. The highest BCUT2D eigenvalue weighted by molar-refractivity contribution is 7.81. The molecule has 1 saturated heterocycles. The predicted molar refractivity (Wildman–Crippen MR) is 144 cm³/mol. The quantitative estimate of drug-likeness (QED) is 0.317. The number of amides is 1. The van der Waals surface area contributed by atoms with Gasteiger partial charge < -0.3 is 9.64 Å². The van der Waals surface area contributed by atoms with Crippen LogP contribution in [0.4, 0.5) is 24.5 Å². The summed E-state index contributed by atoms with van der Waals surface area (Å²) < 4.78 is 51.2. The van der Waals surface area contributed by atoms with Crippen LogP contribution < -0.4 is 20.1 Å². The Hall–Kier alpha value is -4.24. The number of allylic oxidation sites excluding steroid dienone is 2. The summed E-state index contributed by atoms with van der Waals surface area (Å²) in [4.78, 5) is 33.3. The lowest BCUT2D eigenvalue weighted by Gasteiger charge is -2.29. The summed E-state index contributed by atoms with van der Waals surface area (Å²) in [6.07, 6.45) is 3.44. The number of aromatic nitrogens is 2.